The lowest BCUT2D eigenvalue weighted by atomic mass is 9.61. The third-order valence-electron chi connectivity index (χ3n) is 7.63. The van der Waals surface area contributed by atoms with Crippen LogP contribution in [-0.2, 0) is 5.41 Å². The van der Waals surface area contributed by atoms with Gasteiger partial charge in [-0.2, -0.15) is 0 Å². The van der Waals surface area contributed by atoms with E-state index in [2.05, 4.69) is 98.2 Å². The Balaban J connectivity index is 1.83. The monoisotopic (exact) mass is 397 g/mol. The summed E-state index contributed by atoms with van der Waals surface area (Å²) in [7, 11) is 0. The highest BCUT2D eigenvalue weighted by Gasteiger charge is 2.55. The van der Waals surface area contributed by atoms with Gasteiger partial charge in [0, 0.05) is 28.9 Å². The Hall–Kier alpha value is -2.81. The lowest BCUT2D eigenvalue weighted by Crippen LogP contribution is -2.56. The molecule has 1 aromatic heterocycles. The van der Waals surface area contributed by atoms with Crippen LogP contribution in [0.25, 0.3) is 0 Å². The third-order valence-corrected chi connectivity index (χ3v) is 7.63. The molecule has 30 heavy (non-hydrogen) atoms. The molecule has 3 heterocycles. The van der Waals surface area contributed by atoms with Gasteiger partial charge in [-0.3, -0.25) is 0 Å². The lowest BCUT2D eigenvalue weighted by Gasteiger charge is -2.53. The molecule has 0 radical (unpaired) electrons. The molecule has 2 atom stereocenters. The highest BCUT2D eigenvalue weighted by Crippen LogP contribution is 2.59. The molecule has 3 heteroatoms. The first kappa shape index (κ1) is 19.2. The number of hydrogen-bond donors (Lipinski definition) is 0. The SMILES string of the molecule is CCC1C2N(c3ccccc3C1(CC)CC)c1cccnc1N2c1ccccc1C. The van der Waals surface area contributed by atoms with Crippen molar-refractivity contribution < 1.29 is 0 Å². The Morgan fingerprint density at radius 1 is 0.800 bits per heavy atom. The normalized spacial score (nSPS) is 21.2. The van der Waals surface area contributed by atoms with Gasteiger partial charge in [-0.25, -0.2) is 4.98 Å². The van der Waals surface area contributed by atoms with E-state index >= 15 is 0 Å². The summed E-state index contributed by atoms with van der Waals surface area (Å²) in [5.74, 6) is 1.57. The first-order valence-electron chi connectivity index (χ1n) is 11.4. The van der Waals surface area contributed by atoms with E-state index in [-0.39, 0.29) is 11.6 Å². The van der Waals surface area contributed by atoms with Crippen LogP contribution in [0.3, 0.4) is 0 Å². The summed E-state index contributed by atoms with van der Waals surface area (Å²) in [4.78, 5) is 10.0. The van der Waals surface area contributed by atoms with Crippen LogP contribution in [-0.4, -0.2) is 11.1 Å². The van der Waals surface area contributed by atoms with Crippen molar-refractivity contribution in [2.75, 3.05) is 9.80 Å². The number of hydrogen-bond acceptors (Lipinski definition) is 3. The zero-order valence-corrected chi connectivity index (χ0v) is 18.5. The molecule has 0 amide bonds. The molecule has 2 aliphatic rings. The predicted octanol–water partition coefficient (Wildman–Crippen LogP) is 7.10. The van der Waals surface area contributed by atoms with Gasteiger partial charge < -0.3 is 9.80 Å². The summed E-state index contributed by atoms with van der Waals surface area (Å²) < 4.78 is 0. The van der Waals surface area contributed by atoms with Crippen molar-refractivity contribution in [1.82, 2.24) is 4.98 Å². The summed E-state index contributed by atoms with van der Waals surface area (Å²) in [6, 6.07) is 22.1. The van der Waals surface area contributed by atoms with Crippen LogP contribution in [0.1, 0.15) is 51.2 Å². The van der Waals surface area contributed by atoms with Crippen molar-refractivity contribution in [2.24, 2.45) is 5.92 Å². The molecule has 2 unspecified atom stereocenters. The molecular formula is C27H31N3. The molecule has 2 aromatic carbocycles. The van der Waals surface area contributed by atoms with Crippen LogP contribution in [0.2, 0.25) is 0 Å². The molecular weight excluding hydrogens is 366 g/mol. The fourth-order valence-electron chi connectivity index (χ4n) is 6.21. The minimum absolute atomic E-state index is 0.162. The zero-order valence-electron chi connectivity index (χ0n) is 18.5. The molecule has 0 saturated carbocycles. The predicted molar refractivity (Wildman–Crippen MR) is 126 cm³/mol. The molecule has 154 valence electrons. The van der Waals surface area contributed by atoms with E-state index in [0.717, 1.165) is 25.1 Å². The fourth-order valence-corrected chi connectivity index (χ4v) is 6.21. The summed E-state index contributed by atoms with van der Waals surface area (Å²) in [5.41, 5.74) is 6.79. The Kier molecular flexibility index (Phi) is 4.57. The maximum absolute atomic E-state index is 4.91. The smallest absolute Gasteiger partial charge is 0.158 e. The summed E-state index contributed by atoms with van der Waals surface area (Å²) >= 11 is 0. The number of para-hydroxylation sites is 2. The van der Waals surface area contributed by atoms with Crippen LogP contribution >= 0.6 is 0 Å². The largest absolute Gasteiger partial charge is 0.316 e. The number of fused-ring (bicyclic) bond motifs is 5. The van der Waals surface area contributed by atoms with Gasteiger partial charge in [-0.05, 0) is 61.6 Å². The molecule has 3 aromatic rings. The van der Waals surface area contributed by atoms with Gasteiger partial charge in [0.25, 0.3) is 0 Å². The number of nitrogens with zero attached hydrogens (tertiary/aromatic N) is 3. The highest BCUT2D eigenvalue weighted by atomic mass is 15.5. The Labute approximate surface area is 180 Å². The molecule has 3 nitrogen and oxygen atoms in total. The molecule has 0 aliphatic carbocycles. The highest BCUT2D eigenvalue weighted by molar-refractivity contribution is 5.88. The van der Waals surface area contributed by atoms with Gasteiger partial charge in [0.2, 0.25) is 0 Å². The van der Waals surface area contributed by atoms with E-state index < -0.39 is 0 Å². The van der Waals surface area contributed by atoms with E-state index in [9.17, 15) is 0 Å². The molecule has 0 bridgehead atoms. The third kappa shape index (κ3) is 2.41. The Morgan fingerprint density at radius 2 is 1.47 bits per heavy atom. The van der Waals surface area contributed by atoms with Gasteiger partial charge in [0.1, 0.15) is 6.17 Å². The van der Waals surface area contributed by atoms with Crippen molar-refractivity contribution in [1.29, 1.82) is 0 Å². The average molecular weight is 398 g/mol. The second kappa shape index (κ2) is 7.16. The molecule has 0 saturated heterocycles. The van der Waals surface area contributed by atoms with E-state index in [4.69, 9.17) is 4.98 Å². The van der Waals surface area contributed by atoms with E-state index in [1.54, 1.807) is 0 Å². The standard InChI is InChI=1S/C27H31N3/c1-5-20-26-29(23-16-11-9-14-21(23)27(20,6-2)7-3)24-17-12-18-28-25(24)30(26)22-15-10-8-13-19(22)4/h8-18,20,26H,5-7H2,1-4H3. The first-order valence-corrected chi connectivity index (χ1v) is 11.4. The topological polar surface area (TPSA) is 19.4 Å². The van der Waals surface area contributed by atoms with Gasteiger partial charge in [0.05, 0.1) is 5.69 Å². The molecule has 5 rings (SSSR count). The maximum Gasteiger partial charge on any atom is 0.158 e. The van der Waals surface area contributed by atoms with Crippen LogP contribution in [0.4, 0.5) is 22.9 Å². The second-order valence-corrected chi connectivity index (χ2v) is 8.68. The first-order chi connectivity index (χ1) is 14.7. The van der Waals surface area contributed by atoms with Gasteiger partial charge >= 0.3 is 0 Å². The second-order valence-electron chi connectivity index (χ2n) is 8.68. The number of anilines is 4. The molecule has 0 spiro atoms. The van der Waals surface area contributed by atoms with Crippen molar-refractivity contribution in [3.63, 3.8) is 0 Å². The fraction of sp³-hybridized carbons (Fsp3) is 0.370. The van der Waals surface area contributed by atoms with Crippen LogP contribution in [0.15, 0.2) is 66.9 Å². The van der Waals surface area contributed by atoms with Gasteiger partial charge in [-0.15, -0.1) is 0 Å². The lowest BCUT2D eigenvalue weighted by molar-refractivity contribution is 0.194. The molecule has 0 fully saturated rings. The van der Waals surface area contributed by atoms with E-state index in [1.807, 2.05) is 6.20 Å². The Bertz CT molecular complexity index is 1070. The van der Waals surface area contributed by atoms with Crippen molar-refractivity contribution in [3.05, 3.63) is 78.0 Å². The molecule has 0 N–H and O–H groups in total. The number of rotatable bonds is 4. The minimum atomic E-state index is 0.162. The van der Waals surface area contributed by atoms with E-state index in [1.165, 1.54) is 28.2 Å². The van der Waals surface area contributed by atoms with Crippen molar-refractivity contribution in [3.8, 4) is 0 Å². The number of aromatic nitrogens is 1. The van der Waals surface area contributed by atoms with Crippen LogP contribution in [0, 0.1) is 12.8 Å². The van der Waals surface area contributed by atoms with Crippen LogP contribution < -0.4 is 9.80 Å². The minimum Gasteiger partial charge on any atom is -0.316 e. The van der Waals surface area contributed by atoms with Gasteiger partial charge in [0.15, 0.2) is 5.82 Å². The summed E-state index contributed by atoms with van der Waals surface area (Å²) in [5, 5.41) is 0. The number of pyridine rings is 1. The molecule has 2 aliphatic heterocycles. The van der Waals surface area contributed by atoms with Crippen molar-refractivity contribution in [2.45, 2.75) is 58.5 Å². The number of benzene rings is 2. The quantitative estimate of drug-likeness (QED) is 0.468. The summed E-state index contributed by atoms with van der Waals surface area (Å²) in [6.45, 7) is 9.32. The van der Waals surface area contributed by atoms with Crippen molar-refractivity contribution >= 4 is 22.9 Å². The average Bonchev–Trinajstić information content (AvgIpc) is 3.13. The zero-order chi connectivity index (χ0) is 20.9. The van der Waals surface area contributed by atoms with Crippen LogP contribution in [0.5, 0.6) is 0 Å². The van der Waals surface area contributed by atoms with Gasteiger partial charge in [-0.1, -0.05) is 57.2 Å². The van der Waals surface area contributed by atoms with E-state index in [0.29, 0.717) is 5.92 Å². The summed E-state index contributed by atoms with van der Waals surface area (Å²) in [6.07, 6.45) is 5.59. The Morgan fingerprint density at radius 3 is 2.17 bits per heavy atom. The number of aryl methyl sites for hydroxylation is 1. The maximum atomic E-state index is 4.91.